The van der Waals surface area contributed by atoms with Gasteiger partial charge in [0, 0.05) is 19.3 Å². The van der Waals surface area contributed by atoms with Crippen molar-refractivity contribution < 1.29 is 41.0 Å². The van der Waals surface area contributed by atoms with Crippen LogP contribution in [0.2, 0.25) is 0 Å². The number of aliphatic imine (C=N–C) groups is 1. The van der Waals surface area contributed by atoms with E-state index in [1.807, 2.05) is 4.90 Å². The summed E-state index contributed by atoms with van der Waals surface area (Å²) in [6, 6.07) is 11.9. The highest BCUT2D eigenvalue weighted by Crippen LogP contribution is 2.34. The highest BCUT2D eigenvalue weighted by atomic mass is 19.4. The largest absolute Gasteiger partial charge is 0.478 e. The van der Waals surface area contributed by atoms with E-state index in [4.69, 9.17) is 4.74 Å². The van der Waals surface area contributed by atoms with E-state index < -0.39 is 35.4 Å². The van der Waals surface area contributed by atoms with Gasteiger partial charge in [0.15, 0.2) is 11.6 Å². The first kappa shape index (κ1) is 31.7. The van der Waals surface area contributed by atoms with Crippen LogP contribution >= 0.6 is 0 Å². The number of benzene rings is 2. The predicted octanol–water partition coefficient (Wildman–Crippen LogP) is 6.86. The first-order chi connectivity index (χ1) is 20.1. The summed E-state index contributed by atoms with van der Waals surface area (Å²) in [6.45, 7) is 3.66. The summed E-state index contributed by atoms with van der Waals surface area (Å²) in [5.74, 6) is -1.83. The molecule has 0 spiro atoms. The van der Waals surface area contributed by atoms with Crippen LogP contribution in [0.15, 0.2) is 83.5 Å². The Morgan fingerprint density at radius 2 is 1.81 bits per heavy atom. The number of aliphatic carboxylic acids is 1. The number of alkyl halides is 6. The fourth-order valence-electron chi connectivity index (χ4n) is 4.50. The summed E-state index contributed by atoms with van der Waals surface area (Å²) in [5, 5.41) is 12.3. The second-order valence-electron chi connectivity index (χ2n) is 10.8. The Kier molecular flexibility index (Phi) is 9.26. The minimum absolute atomic E-state index is 0.108. The smallest absolute Gasteiger partial charge is 0.416 e. The van der Waals surface area contributed by atoms with E-state index in [-0.39, 0.29) is 19.5 Å². The van der Waals surface area contributed by atoms with E-state index in [1.54, 1.807) is 42.6 Å². The van der Waals surface area contributed by atoms with E-state index in [9.17, 15) is 36.2 Å². The van der Waals surface area contributed by atoms with E-state index >= 15 is 0 Å². The van der Waals surface area contributed by atoms with Crippen LogP contribution in [0.5, 0.6) is 5.75 Å². The maximum Gasteiger partial charge on any atom is 0.416 e. The van der Waals surface area contributed by atoms with Crippen LogP contribution in [0.1, 0.15) is 37.0 Å². The van der Waals surface area contributed by atoms with Gasteiger partial charge in [0.1, 0.15) is 5.75 Å². The molecule has 2 aromatic rings. The van der Waals surface area contributed by atoms with E-state index in [0.29, 0.717) is 41.4 Å². The van der Waals surface area contributed by atoms with E-state index in [2.05, 4.69) is 10.3 Å². The van der Waals surface area contributed by atoms with Gasteiger partial charge in [-0.15, -0.1) is 0 Å². The third-order valence-corrected chi connectivity index (χ3v) is 7.09. The lowest BCUT2D eigenvalue weighted by Crippen LogP contribution is -2.43. The molecule has 43 heavy (non-hydrogen) atoms. The molecule has 2 aromatic carbocycles. The van der Waals surface area contributed by atoms with Crippen molar-refractivity contribution in [3.8, 4) is 5.75 Å². The molecule has 0 saturated carbocycles. The minimum Gasteiger partial charge on any atom is -0.478 e. The summed E-state index contributed by atoms with van der Waals surface area (Å²) in [5.41, 5.74) is 0.333. The fourth-order valence-corrected chi connectivity index (χ4v) is 4.50. The second-order valence-corrected chi connectivity index (χ2v) is 10.8. The molecule has 1 aliphatic carbocycles. The topological polar surface area (TPSA) is 74.2 Å². The number of rotatable bonds is 9. The SMILES string of the molecule is CC(C)(Oc1ccc(CCN(CC2=CCC(C(F)(F)F)C=C2)C2=NCC(c3cccc(C(F)(F)F)c3)=CN2)cc1)C(=O)O. The molecule has 2 aliphatic rings. The van der Waals surface area contributed by atoms with Crippen molar-refractivity contribution in [3.63, 3.8) is 0 Å². The molecule has 4 rings (SSSR count). The van der Waals surface area contributed by atoms with Crippen LogP contribution in [0, 0.1) is 5.92 Å². The maximum absolute atomic E-state index is 13.2. The molecular formula is C31H31F6N3O3. The Morgan fingerprint density at radius 1 is 1.09 bits per heavy atom. The van der Waals surface area contributed by atoms with Gasteiger partial charge >= 0.3 is 18.3 Å². The molecule has 0 bridgehead atoms. The third kappa shape index (κ3) is 8.42. The van der Waals surface area contributed by atoms with E-state index in [0.717, 1.165) is 23.8 Å². The van der Waals surface area contributed by atoms with Gasteiger partial charge in [-0.1, -0.05) is 42.5 Å². The number of hydrogen-bond acceptors (Lipinski definition) is 5. The average molecular weight is 608 g/mol. The molecule has 0 radical (unpaired) electrons. The van der Waals surface area contributed by atoms with Crippen LogP contribution in [-0.2, 0) is 17.4 Å². The van der Waals surface area contributed by atoms with Crippen molar-refractivity contribution in [1.82, 2.24) is 10.2 Å². The predicted molar refractivity (Wildman–Crippen MR) is 150 cm³/mol. The first-order valence-electron chi connectivity index (χ1n) is 13.5. The molecule has 1 heterocycles. The highest BCUT2D eigenvalue weighted by molar-refractivity contribution is 5.86. The summed E-state index contributed by atoms with van der Waals surface area (Å²) < 4.78 is 84.5. The maximum atomic E-state index is 13.2. The number of allylic oxidation sites excluding steroid dienone is 2. The number of ether oxygens (including phenoxy) is 1. The zero-order valence-electron chi connectivity index (χ0n) is 23.5. The molecule has 1 atom stereocenters. The van der Waals surface area contributed by atoms with Gasteiger partial charge in [0.25, 0.3) is 0 Å². The number of nitrogens with one attached hydrogen (secondary N) is 1. The Balaban J connectivity index is 1.48. The molecule has 2 N–H and O–H groups in total. The minimum atomic E-state index is -4.48. The summed E-state index contributed by atoms with van der Waals surface area (Å²) in [7, 11) is 0. The zero-order chi connectivity index (χ0) is 31.4. The van der Waals surface area contributed by atoms with Crippen molar-refractivity contribution in [1.29, 1.82) is 0 Å². The molecule has 12 heteroatoms. The van der Waals surface area contributed by atoms with E-state index in [1.165, 1.54) is 26.0 Å². The molecule has 230 valence electrons. The zero-order valence-corrected chi connectivity index (χ0v) is 23.5. The Hall–Kier alpha value is -4.22. The molecule has 0 aromatic heterocycles. The average Bonchev–Trinajstić information content (AvgIpc) is 2.95. The van der Waals surface area contributed by atoms with Crippen molar-refractivity contribution in [3.05, 3.63) is 95.2 Å². The lowest BCUT2D eigenvalue weighted by molar-refractivity contribution is -0.160. The number of halogens is 6. The van der Waals surface area contributed by atoms with Gasteiger partial charge in [-0.05, 0) is 73.2 Å². The van der Waals surface area contributed by atoms with Gasteiger partial charge in [-0.2, -0.15) is 26.3 Å². The highest BCUT2D eigenvalue weighted by Gasteiger charge is 2.38. The number of nitrogens with zero attached hydrogens (tertiary/aromatic N) is 2. The summed E-state index contributed by atoms with van der Waals surface area (Å²) in [4.78, 5) is 17.8. The quantitative estimate of drug-likeness (QED) is 0.305. The summed E-state index contributed by atoms with van der Waals surface area (Å²) in [6.07, 6.45) is -2.72. The van der Waals surface area contributed by atoms with Gasteiger partial charge in [0.2, 0.25) is 0 Å². The van der Waals surface area contributed by atoms with Gasteiger partial charge in [0.05, 0.1) is 18.0 Å². The van der Waals surface area contributed by atoms with Crippen LogP contribution in [0.4, 0.5) is 26.3 Å². The molecule has 1 unspecified atom stereocenters. The van der Waals surface area contributed by atoms with Crippen LogP contribution in [0.25, 0.3) is 5.57 Å². The monoisotopic (exact) mass is 607 g/mol. The standard InChI is InChI=1S/C31H31F6N3O3/c1-29(2,27(41)42)43-26-12-8-20(9-13-26)14-15-40(19-21-6-10-24(11-7-21)30(32,33)34)28-38-17-23(18-39-28)22-4-3-5-25(16-22)31(35,36)37/h3-10,12-13,16-17,24H,11,14-15,18-19H2,1-2H3,(H,38,39)(H,41,42). The van der Waals surface area contributed by atoms with Crippen LogP contribution in [-0.4, -0.2) is 53.3 Å². The number of carboxylic acids is 1. The number of carbonyl (C=O) groups is 1. The first-order valence-corrected chi connectivity index (χ1v) is 13.5. The van der Waals surface area contributed by atoms with Gasteiger partial charge in [-0.3, -0.25) is 0 Å². The van der Waals surface area contributed by atoms with Gasteiger partial charge in [-0.25, -0.2) is 9.79 Å². The Morgan fingerprint density at radius 3 is 2.37 bits per heavy atom. The molecular weight excluding hydrogens is 576 g/mol. The number of guanidine groups is 1. The lowest BCUT2D eigenvalue weighted by atomic mass is 9.96. The van der Waals surface area contributed by atoms with Crippen LogP contribution < -0.4 is 10.1 Å². The van der Waals surface area contributed by atoms with Crippen molar-refractivity contribution in [2.75, 3.05) is 19.6 Å². The molecule has 1 aliphatic heterocycles. The Bertz CT molecular complexity index is 1440. The van der Waals surface area contributed by atoms with Crippen molar-refractivity contribution in [2.24, 2.45) is 10.9 Å². The number of hydrogen-bond donors (Lipinski definition) is 2. The Labute approximate surface area is 245 Å². The number of carboxylic acid groups (broad SMARTS) is 1. The molecule has 0 fully saturated rings. The van der Waals surface area contributed by atoms with Crippen molar-refractivity contribution >= 4 is 17.5 Å². The third-order valence-electron chi connectivity index (χ3n) is 7.09. The lowest BCUT2D eigenvalue weighted by Gasteiger charge is -2.30. The molecule has 0 amide bonds. The molecule has 6 nitrogen and oxygen atoms in total. The normalized spacial score (nSPS) is 17.4. The fraction of sp³-hybridized carbons (Fsp3) is 0.355. The summed E-state index contributed by atoms with van der Waals surface area (Å²) >= 11 is 0. The van der Waals surface area contributed by atoms with Crippen molar-refractivity contribution in [2.45, 2.75) is 44.6 Å². The second kappa shape index (κ2) is 12.6. The van der Waals surface area contributed by atoms with Gasteiger partial charge < -0.3 is 20.1 Å². The molecule has 0 saturated heterocycles. The van der Waals surface area contributed by atoms with Crippen LogP contribution in [0.3, 0.4) is 0 Å².